The van der Waals surface area contributed by atoms with E-state index in [2.05, 4.69) is 35.6 Å². The summed E-state index contributed by atoms with van der Waals surface area (Å²) < 4.78 is 11.3. The number of benzene rings is 2. The minimum atomic E-state index is 0. The molecule has 0 fully saturated rings. The Morgan fingerprint density at radius 1 is 1.09 bits per heavy atom. The van der Waals surface area contributed by atoms with Crippen LogP contribution in [-0.2, 0) is 12.8 Å². The van der Waals surface area contributed by atoms with Crippen LogP contribution in [0.4, 0.5) is 0 Å². The van der Waals surface area contributed by atoms with E-state index < -0.39 is 0 Å². The second-order valence-corrected chi connectivity index (χ2v) is 5.68. The molecule has 2 aromatic carbocycles. The van der Waals surface area contributed by atoms with E-state index in [1.807, 2.05) is 0 Å². The molecule has 1 N–H and O–H groups in total. The number of methoxy groups -OCH3 is 2. The van der Waals surface area contributed by atoms with Crippen molar-refractivity contribution in [3.05, 3.63) is 47.0 Å². The van der Waals surface area contributed by atoms with Gasteiger partial charge in [-0.3, -0.25) is 0 Å². The number of nitrogens with one attached hydrogen (secondary N) is 1. The number of rotatable bonds is 2. The summed E-state index contributed by atoms with van der Waals surface area (Å²) >= 11 is 0. The van der Waals surface area contributed by atoms with Crippen LogP contribution in [0.3, 0.4) is 0 Å². The summed E-state index contributed by atoms with van der Waals surface area (Å²) in [6.07, 6.45) is 2.09. The lowest BCUT2D eigenvalue weighted by Gasteiger charge is -2.35. The fourth-order valence-corrected chi connectivity index (χ4v) is 3.75. The molecule has 1 heterocycles. The van der Waals surface area contributed by atoms with Crippen LogP contribution in [0.15, 0.2) is 30.3 Å². The zero-order valence-corrected chi connectivity index (χ0v) is 13.6. The van der Waals surface area contributed by atoms with Gasteiger partial charge in [-0.25, -0.2) is 0 Å². The number of hydrogen-bond acceptors (Lipinski definition) is 3. The maximum atomic E-state index is 5.71. The topological polar surface area (TPSA) is 30.5 Å². The smallest absolute Gasteiger partial charge is 0.168 e. The molecule has 0 saturated heterocycles. The molecule has 0 aromatic heterocycles. The van der Waals surface area contributed by atoms with Crippen molar-refractivity contribution >= 4 is 12.4 Å². The van der Waals surface area contributed by atoms with Crippen molar-refractivity contribution in [1.82, 2.24) is 5.32 Å². The number of ether oxygens (including phenoxy) is 2. The van der Waals surface area contributed by atoms with E-state index in [0.29, 0.717) is 6.04 Å². The fraction of sp³-hybridized carbons (Fsp3) is 0.333. The van der Waals surface area contributed by atoms with Crippen LogP contribution < -0.4 is 14.8 Å². The predicted octanol–water partition coefficient (Wildman–Crippen LogP) is 3.54. The second kappa shape index (κ2) is 5.82. The van der Waals surface area contributed by atoms with E-state index in [0.717, 1.165) is 30.9 Å². The van der Waals surface area contributed by atoms with Crippen LogP contribution in [0.25, 0.3) is 11.1 Å². The lowest BCUT2D eigenvalue weighted by molar-refractivity contribution is 0.353. The average molecular weight is 318 g/mol. The summed E-state index contributed by atoms with van der Waals surface area (Å²) in [5.74, 6) is 1.70. The van der Waals surface area contributed by atoms with Gasteiger partial charge in [0, 0.05) is 11.6 Å². The van der Waals surface area contributed by atoms with Gasteiger partial charge in [0.25, 0.3) is 0 Å². The molecule has 2 aliphatic rings. The number of fused-ring (bicyclic) bond motifs is 2. The van der Waals surface area contributed by atoms with Crippen molar-refractivity contribution in [2.24, 2.45) is 0 Å². The largest absolute Gasteiger partial charge is 0.493 e. The highest BCUT2D eigenvalue weighted by molar-refractivity contribution is 5.85. The Bertz CT molecular complexity index is 714. The van der Waals surface area contributed by atoms with E-state index in [4.69, 9.17) is 9.47 Å². The Labute approximate surface area is 137 Å². The summed E-state index contributed by atoms with van der Waals surface area (Å²) in [6, 6.07) is 11.2. The predicted molar refractivity (Wildman–Crippen MR) is 90.4 cm³/mol. The van der Waals surface area contributed by atoms with Gasteiger partial charge in [0.15, 0.2) is 11.5 Å². The Hall–Kier alpha value is -1.71. The van der Waals surface area contributed by atoms with Crippen LogP contribution in [0.2, 0.25) is 0 Å². The minimum Gasteiger partial charge on any atom is -0.493 e. The SMILES string of the molecule is COc1cc2c3c(c1OC)-c1ccccc1C[C@H]3NCC2.Cl. The van der Waals surface area contributed by atoms with Gasteiger partial charge in [-0.05, 0) is 47.7 Å². The lowest BCUT2D eigenvalue weighted by Crippen LogP contribution is -2.33. The van der Waals surface area contributed by atoms with Gasteiger partial charge in [0.2, 0.25) is 0 Å². The second-order valence-electron chi connectivity index (χ2n) is 5.68. The number of halogens is 1. The molecule has 0 unspecified atom stereocenters. The first-order valence-corrected chi connectivity index (χ1v) is 7.43. The molecule has 0 saturated carbocycles. The van der Waals surface area contributed by atoms with Gasteiger partial charge in [-0.1, -0.05) is 24.3 Å². The first-order valence-electron chi connectivity index (χ1n) is 7.43. The number of hydrogen-bond donors (Lipinski definition) is 1. The van der Waals surface area contributed by atoms with Crippen LogP contribution in [0.1, 0.15) is 22.7 Å². The molecule has 3 nitrogen and oxygen atoms in total. The summed E-state index contributed by atoms with van der Waals surface area (Å²) in [7, 11) is 3.44. The molecule has 1 atom stereocenters. The summed E-state index contributed by atoms with van der Waals surface area (Å²) in [6.45, 7) is 1.02. The summed E-state index contributed by atoms with van der Waals surface area (Å²) in [4.78, 5) is 0. The maximum Gasteiger partial charge on any atom is 0.168 e. The fourth-order valence-electron chi connectivity index (χ4n) is 3.75. The Kier molecular flexibility index (Phi) is 4.02. The van der Waals surface area contributed by atoms with Crippen molar-refractivity contribution in [2.45, 2.75) is 18.9 Å². The van der Waals surface area contributed by atoms with Crippen molar-refractivity contribution in [1.29, 1.82) is 0 Å². The molecular formula is C18H20ClNO2. The molecule has 0 bridgehead atoms. The van der Waals surface area contributed by atoms with Gasteiger partial charge < -0.3 is 14.8 Å². The zero-order valence-electron chi connectivity index (χ0n) is 12.8. The quantitative estimate of drug-likeness (QED) is 0.919. The third-order valence-corrected chi connectivity index (χ3v) is 4.64. The highest BCUT2D eigenvalue weighted by Gasteiger charge is 2.33. The Balaban J connectivity index is 0.00000144. The molecule has 0 amide bonds. The third kappa shape index (κ3) is 2.08. The average Bonchev–Trinajstić information content (AvgIpc) is 2.54. The highest BCUT2D eigenvalue weighted by Crippen LogP contribution is 2.50. The van der Waals surface area contributed by atoms with E-state index in [9.17, 15) is 0 Å². The van der Waals surface area contributed by atoms with Gasteiger partial charge in [-0.15, -0.1) is 12.4 Å². The van der Waals surface area contributed by atoms with Gasteiger partial charge >= 0.3 is 0 Å². The van der Waals surface area contributed by atoms with Crippen molar-refractivity contribution in [2.75, 3.05) is 20.8 Å². The first-order chi connectivity index (χ1) is 10.3. The van der Waals surface area contributed by atoms with Crippen molar-refractivity contribution in [3.8, 4) is 22.6 Å². The zero-order chi connectivity index (χ0) is 14.4. The van der Waals surface area contributed by atoms with Gasteiger partial charge in [-0.2, -0.15) is 0 Å². The van der Waals surface area contributed by atoms with Crippen LogP contribution in [0.5, 0.6) is 11.5 Å². The standard InChI is InChI=1S/C18H19NO2.ClH/c1-20-15-10-12-7-8-19-14-9-11-5-3-4-6-13(11)17(16(12)14)18(15)21-2;/h3-6,10,14,19H,7-9H2,1-2H3;1H/t14-;/m1./s1. The van der Waals surface area contributed by atoms with Gasteiger partial charge in [0.05, 0.1) is 14.2 Å². The van der Waals surface area contributed by atoms with Crippen molar-refractivity contribution < 1.29 is 9.47 Å². The van der Waals surface area contributed by atoms with E-state index >= 15 is 0 Å². The monoisotopic (exact) mass is 317 g/mol. The summed E-state index contributed by atoms with van der Waals surface area (Å²) in [5.41, 5.74) is 6.66. The van der Waals surface area contributed by atoms with E-state index in [1.165, 1.54) is 27.8 Å². The van der Waals surface area contributed by atoms with Crippen LogP contribution >= 0.6 is 12.4 Å². The molecule has 22 heavy (non-hydrogen) atoms. The van der Waals surface area contributed by atoms with Crippen LogP contribution in [-0.4, -0.2) is 20.8 Å². The summed E-state index contributed by atoms with van der Waals surface area (Å²) in [5, 5.41) is 3.65. The molecule has 116 valence electrons. The third-order valence-electron chi connectivity index (χ3n) is 4.64. The molecule has 1 aliphatic carbocycles. The van der Waals surface area contributed by atoms with E-state index in [-0.39, 0.29) is 12.4 Å². The Morgan fingerprint density at radius 3 is 2.68 bits per heavy atom. The van der Waals surface area contributed by atoms with Crippen LogP contribution in [0, 0.1) is 0 Å². The first kappa shape index (κ1) is 15.2. The molecule has 1 aliphatic heterocycles. The minimum absolute atomic E-state index is 0. The molecule has 4 heteroatoms. The van der Waals surface area contributed by atoms with E-state index in [1.54, 1.807) is 14.2 Å². The lowest BCUT2D eigenvalue weighted by atomic mass is 9.77. The molecule has 4 rings (SSSR count). The molecule has 0 spiro atoms. The molecule has 2 aromatic rings. The Morgan fingerprint density at radius 2 is 1.91 bits per heavy atom. The molecule has 0 radical (unpaired) electrons. The maximum absolute atomic E-state index is 5.71. The highest BCUT2D eigenvalue weighted by atomic mass is 35.5. The normalized spacial score (nSPS) is 17.8. The van der Waals surface area contributed by atoms with Crippen molar-refractivity contribution in [3.63, 3.8) is 0 Å². The molecular weight excluding hydrogens is 298 g/mol. The van der Waals surface area contributed by atoms with Gasteiger partial charge in [0.1, 0.15) is 0 Å².